The van der Waals surface area contributed by atoms with E-state index >= 15 is 0 Å². The molecular formula is C34H45F3N3O4P. The van der Waals surface area contributed by atoms with E-state index in [0.29, 0.717) is 23.6 Å². The lowest BCUT2D eigenvalue weighted by atomic mass is 9.96. The maximum atomic E-state index is 13.1. The Bertz CT molecular complexity index is 1400. The van der Waals surface area contributed by atoms with Gasteiger partial charge in [0.05, 0.1) is 12.5 Å². The molecule has 1 aromatic heterocycles. The number of aromatic amines is 1. The molecule has 1 aliphatic rings. The van der Waals surface area contributed by atoms with E-state index in [9.17, 15) is 27.7 Å². The Morgan fingerprint density at radius 3 is 2.11 bits per heavy atom. The number of amides is 1. The number of nitrogens with zero attached hydrogens (tertiary/aromatic N) is 1. The average molecular weight is 648 g/mol. The molecule has 2 unspecified atom stereocenters. The molecule has 1 saturated heterocycles. The summed E-state index contributed by atoms with van der Waals surface area (Å²) in [6, 6.07) is 13.8. The summed E-state index contributed by atoms with van der Waals surface area (Å²) in [4.78, 5) is 42.7. The first-order chi connectivity index (χ1) is 21.4. The minimum absolute atomic E-state index is 0.201. The Hall–Kier alpha value is -3.49. The van der Waals surface area contributed by atoms with Gasteiger partial charge in [-0.15, -0.1) is 9.24 Å². The second-order valence-electron chi connectivity index (χ2n) is 11.3. The van der Waals surface area contributed by atoms with E-state index in [2.05, 4.69) is 29.4 Å². The van der Waals surface area contributed by atoms with Crippen LogP contribution in [0.15, 0.2) is 65.6 Å². The smallest absolute Gasteiger partial charge is 0.348 e. The number of pyridine rings is 1. The molecule has 45 heavy (non-hydrogen) atoms. The van der Waals surface area contributed by atoms with Gasteiger partial charge in [0.1, 0.15) is 5.82 Å². The number of aromatic nitrogens is 1. The molecule has 1 fully saturated rings. The normalized spacial score (nSPS) is 14.2. The highest BCUT2D eigenvalue weighted by Gasteiger charge is 2.24. The third kappa shape index (κ3) is 12.8. The highest BCUT2D eigenvalue weighted by molar-refractivity contribution is 7.17. The number of likely N-dealkylation sites (tertiary alicyclic amines) is 1. The Morgan fingerprint density at radius 1 is 1.02 bits per heavy atom. The van der Waals surface area contributed by atoms with Crippen LogP contribution in [0.5, 0.6) is 0 Å². The Labute approximate surface area is 266 Å². The molecule has 11 heteroatoms. The lowest BCUT2D eigenvalue weighted by molar-refractivity contribution is -0.184. The summed E-state index contributed by atoms with van der Waals surface area (Å²) in [5.41, 5.74) is 3.25. The summed E-state index contributed by atoms with van der Waals surface area (Å²) >= 11 is 0. The molecule has 3 aromatic rings. The summed E-state index contributed by atoms with van der Waals surface area (Å²) < 4.78 is 38.2. The zero-order valence-corrected chi connectivity index (χ0v) is 27.8. The molecule has 246 valence electrons. The van der Waals surface area contributed by atoms with Crippen molar-refractivity contribution in [1.82, 2.24) is 15.2 Å². The molecule has 0 saturated carbocycles. The number of nitrogens with one attached hydrogen (secondary N) is 2. The third-order valence-corrected chi connectivity index (χ3v) is 7.58. The van der Waals surface area contributed by atoms with Crippen LogP contribution in [0.4, 0.5) is 13.3 Å². The van der Waals surface area contributed by atoms with Gasteiger partial charge >= 0.3 is 5.97 Å². The van der Waals surface area contributed by atoms with Crippen LogP contribution < -0.4 is 10.9 Å². The molecule has 1 amide bonds. The molecule has 0 radical (unpaired) electrons. The molecule has 0 spiro atoms. The fourth-order valence-electron chi connectivity index (χ4n) is 4.85. The molecule has 2 N–H and O–H groups in total. The van der Waals surface area contributed by atoms with Gasteiger partial charge in [-0.1, -0.05) is 71.0 Å². The van der Waals surface area contributed by atoms with Crippen LogP contribution in [-0.2, 0) is 21.0 Å². The van der Waals surface area contributed by atoms with E-state index in [0.717, 1.165) is 42.7 Å². The topological polar surface area (TPSA) is 91.5 Å². The van der Waals surface area contributed by atoms with Gasteiger partial charge in [-0.3, -0.25) is 14.5 Å². The molecule has 1 aliphatic heterocycles. The van der Waals surface area contributed by atoms with Crippen LogP contribution in [0.3, 0.4) is 0 Å². The summed E-state index contributed by atoms with van der Waals surface area (Å²) in [6.07, 6.45) is 2.76. The van der Waals surface area contributed by atoms with Gasteiger partial charge < -0.3 is 15.2 Å². The van der Waals surface area contributed by atoms with Crippen molar-refractivity contribution in [3.8, 4) is 11.1 Å². The van der Waals surface area contributed by atoms with Crippen molar-refractivity contribution in [3.05, 3.63) is 93.9 Å². The fourth-order valence-corrected chi connectivity index (χ4v) is 5.45. The second kappa shape index (κ2) is 19.1. The van der Waals surface area contributed by atoms with Gasteiger partial charge in [-0.25, -0.2) is 13.6 Å². The summed E-state index contributed by atoms with van der Waals surface area (Å²) in [5, 5.41) is 2.81. The first-order valence-corrected chi connectivity index (χ1v) is 15.9. The number of carbonyl (C=O) groups is 2. The monoisotopic (exact) mass is 647 g/mol. The largest absolute Gasteiger partial charge is 0.351 e. The molecule has 7 nitrogen and oxygen atoms in total. The van der Waals surface area contributed by atoms with Crippen LogP contribution in [0.2, 0.25) is 0 Å². The van der Waals surface area contributed by atoms with Crippen molar-refractivity contribution in [1.29, 1.82) is 0 Å². The maximum absolute atomic E-state index is 13.1. The summed E-state index contributed by atoms with van der Waals surface area (Å²) in [5.74, 6) is -2.15. The highest BCUT2D eigenvalue weighted by atomic mass is 31.0. The van der Waals surface area contributed by atoms with Gasteiger partial charge in [0.15, 0.2) is 5.82 Å². The van der Waals surface area contributed by atoms with E-state index in [1.165, 1.54) is 18.2 Å². The molecule has 4 rings (SSSR count). The van der Waals surface area contributed by atoms with Crippen LogP contribution in [0.25, 0.3) is 11.1 Å². The number of carbonyl (C=O) groups excluding carboxylic acids is 2. The van der Waals surface area contributed by atoms with Crippen LogP contribution in [0.1, 0.15) is 64.6 Å². The van der Waals surface area contributed by atoms with E-state index in [1.807, 2.05) is 34.6 Å². The molecule has 2 aromatic carbocycles. The lowest BCUT2D eigenvalue weighted by Crippen LogP contribution is -2.48. The number of rotatable bonds is 11. The van der Waals surface area contributed by atoms with E-state index in [-0.39, 0.29) is 24.1 Å². The first kappa shape index (κ1) is 37.7. The Balaban J connectivity index is 0.000000347. The zero-order valence-electron chi connectivity index (χ0n) is 26.6. The maximum Gasteiger partial charge on any atom is 0.351 e. The standard InChI is InChI=1S/C22H25F2NO3.C10H14FN2OP.C2H6/c1-14(2)12-15(3)22(27)25-20(13-21(26)28-24)18-6-4-16(5-7-18)17-8-10-19(23)11-9-17;11-9-3-7(4-12-10(9)14)1-2-13-5-8(15)6-13;1-2/h4-11,14-15,20H,12-13H2,1-3H3,(H,25,27);3-4,8H,1-2,5-6,15H2,(H,12,14);1-2H3/t15?,20-;;/m0../s1. The first-order valence-electron chi connectivity index (χ1n) is 15.3. The minimum atomic E-state index is -1.05. The van der Waals surface area contributed by atoms with Crippen molar-refractivity contribution in [2.24, 2.45) is 11.8 Å². The fraction of sp³-hybridized carbons (Fsp3) is 0.441. The zero-order chi connectivity index (χ0) is 33.5. The SMILES string of the molecule is CC.CC(C)CC(C)C(=O)N[C@@H](CC(=O)OF)c1ccc(-c2ccc(F)cc2)cc1.O=c1[nH]cc(CCN2CC(P)C2)cc1F. The van der Waals surface area contributed by atoms with Crippen molar-refractivity contribution in [3.63, 3.8) is 0 Å². The van der Waals surface area contributed by atoms with Crippen molar-refractivity contribution >= 4 is 21.1 Å². The van der Waals surface area contributed by atoms with Gasteiger partial charge in [-0.2, -0.15) is 0 Å². The number of hydrogen-bond donors (Lipinski definition) is 2. The average Bonchev–Trinajstić information content (AvgIpc) is 3.01. The number of hydrogen-bond acceptors (Lipinski definition) is 5. The van der Waals surface area contributed by atoms with E-state index in [1.54, 1.807) is 42.6 Å². The van der Waals surface area contributed by atoms with E-state index in [4.69, 9.17) is 0 Å². The number of H-pyrrole nitrogens is 1. The van der Waals surface area contributed by atoms with Crippen molar-refractivity contribution in [2.75, 3.05) is 19.6 Å². The Kier molecular flexibility index (Phi) is 16.0. The van der Waals surface area contributed by atoms with E-state index < -0.39 is 23.4 Å². The van der Waals surface area contributed by atoms with Crippen LogP contribution in [-0.4, -0.2) is 47.1 Å². The summed E-state index contributed by atoms with van der Waals surface area (Å²) in [6.45, 7) is 13.0. The minimum Gasteiger partial charge on any atom is -0.348 e. The van der Waals surface area contributed by atoms with Crippen molar-refractivity contribution in [2.45, 2.75) is 65.6 Å². The highest BCUT2D eigenvalue weighted by Crippen LogP contribution is 2.25. The molecule has 0 bridgehead atoms. The molecule has 0 aliphatic carbocycles. The number of halogens is 3. The van der Waals surface area contributed by atoms with Crippen LogP contribution in [0, 0.1) is 23.5 Å². The molecule has 3 atom stereocenters. The van der Waals surface area contributed by atoms with Gasteiger partial charge in [0.25, 0.3) is 5.56 Å². The predicted molar refractivity (Wildman–Crippen MR) is 175 cm³/mol. The van der Waals surface area contributed by atoms with Gasteiger partial charge in [0, 0.05) is 36.3 Å². The van der Waals surface area contributed by atoms with Crippen LogP contribution >= 0.6 is 9.24 Å². The third-order valence-electron chi connectivity index (χ3n) is 7.16. The molecule has 2 heterocycles. The Morgan fingerprint density at radius 2 is 1.60 bits per heavy atom. The lowest BCUT2D eigenvalue weighted by Gasteiger charge is -2.36. The van der Waals surface area contributed by atoms with Gasteiger partial charge in [0.2, 0.25) is 5.91 Å². The second-order valence-corrected chi connectivity index (χ2v) is 12.3. The summed E-state index contributed by atoms with van der Waals surface area (Å²) in [7, 11) is 2.79. The molecular weight excluding hydrogens is 602 g/mol. The van der Waals surface area contributed by atoms with Gasteiger partial charge in [-0.05, 0) is 64.9 Å². The van der Waals surface area contributed by atoms with Crippen molar-refractivity contribution < 1.29 is 27.8 Å². The predicted octanol–water partition coefficient (Wildman–Crippen LogP) is 6.79. The number of benzene rings is 2. The quantitative estimate of drug-likeness (QED) is 0.224.